The molecule has 0 aliphatic carbocycles. The van der Waals surface area contributed by atoms with Crippen molar-refractivity contribution in [2.45, 2.75) is 13.2 Å². The van der Waals surface area contributed by atoms with Gasteiger partial charge in [-0.1, -0.05) is 40.9 Å². The highest BCUT2D eigenvalue weighted by Crippen LogP contribution is 2.25. The van der Waals surface area contributed by atoms with E-state index in [0.29, 0.717) is 38.7 Å². The van der Waals surface area contributed by atoms with Gasteiger partial charge in [-0.05, 0) is 48.5 Å². The molecule has 0 saturated carbocycles. The molecule has 1 amide bonds. The van der Waals surface area contributed by atoms with Gasteiger partial charge in [0.05, 0.1) is 6.54 Å². The highest BCUT2D eigenvalue weighted by molar-refractivity contribution is 6.36. The number of hydrogen-bond donors (Lipinski definition) is 1. The van der Waals surface area contributed by atoms with Gasteiger partial charge in [-0.15, -0.1) is 5.10 Å². The second kappa shape index (κ2) is 9.43. The van der Waals surface area contributed by atoms with Gasteiger partial charge in [-0.3, -0.25) is 10.1 Å². The lowest BCUT2D eigenvalue weighted by atomic mass is 10.2. The van der Waals surface area contributed by atoms with Crippen molar-refractivity contribution in [2.75, 3.05) is 5.32 Å². The van der Waals surface area contributed by atoms with Gasteiger partial charge in [0, 0.05) is 20.6 Å². The summed E-state index contributed by atoms with van der Waals surface area (Å²) in [6.07, 6.45) is 1.47. The predicted octanol–water partition coefficient (Wildman–Crippen LogP) is 5.71. The molecule has 0 saturated heterocycles. The molecule has 0 aliphatic heterocycles. The summed E-state index contributed by atoms with van der Waals surface area (Å²) in [7, 11) is 0. The van der Waals surface area contributed by atoms with Crippen molar-refractivity contribution >= 4 is 46.7 Å². The molecule has 2 aromatic heterocycles. The van der Waals surface area contributed by atoms with E-state index in [1.807, 2.05) is 0 Å². The molecule has 1 N–H and O–H groups in total. The SMILES string of the molecule is O=C(Nc1ncn(Cc2c(Cl)cccc2Cl)n1)c1ccc(COc2ccc(Cl)cc2)o1. The summed E-state index contributed by atoms with van der Waals surface area (Å²) >= 11 is 18.2. The number of carbonyl (C=O) groups excluding carboxylic acids is 1. The summed E-state index contributed by atoms with van der Waals surface area (Å²) < 4.78 is 12.7. The number of ether oxygens (including phenoxy) is 1. The molecule has 31 heavy (non-hydrogen) atoms. The lowest BCUT2D eigenvalue weighted by Gasteiger charge is -2.06. The van der Waals surface area contributed by atoms with Crippen LogP contribution >= 0.6 is 34.8 Å². The Bertz CT molecular complexity index is 1180. The first-order valence-corrected chi connectivity index (χ1v) is 10.2. The van der Waals surface area contributed by atoms with Crippen LogP contribution < -0.4 is 10.1 Å². The molecule has 2 aromatic carbocycles. The van der Waals surface area contributed by atoms with E-state index in [1.165, 1.54) is 11.0 Å². The molecule has 7 nitrogen and oxygen atoms in total. The molecule has 0 fully saturated rings. The van der Waals surface area contributed by atoms with Crippen molar-refractivity contribution in [3.63, 3.8) is 0 Å². The Kier molecular flexibility index (Phi) is 6.46. The van der Waals surface area contributed by atoms with E-state index < -0.39 is 5.91 Å². The molecular weight excluding hydrogens is 463 g/mol. The van der Waals surface area contributed by atoms with Crippen LogP contribution in [0.1, 0.15) is 21.9 Å². The fourth-order valence-corrected chi connectivity index (χ4v) is 3.34. The molecule has 10 heteroatoms. The minimum absolute atomic E-state index is 0.111. The van der Waals surface area contributed by atoms with E-state index in [0.717, 1.165) is 0 Å². The Hall–Kier alpha value is -3.00. The molecule has 0 bridgehead atoms. The smallest absolute Gasteiger partial charge is 0.293 e. The van der Waals surface area contributed by atoms with Crippen LogP contribution in [0.4, 0.5) is 5.95 Å². The van der Waals surface area contributed by atoms with E-state index in [9.17, 15) is 4.79 Å². The van der Waals surface area contributed by atoms with E-state index in [1.54, 1.807) is 54.6 Å². The average Bonchev–Trinajstić information content (AvgIpc) is 3.40. The number of benzene rings is 2. The van der Waals surface area contributed by atoms with Crippen LogP contribution in [-0.2, 0) is 13.2 Å². The molecule has 158 valence electrons. The first-order chi connectivity index (χ1) is 15.0. The topological polar surface area (TPSA) is 82.2 Å². The molecule has 2 heterocycles. The molecule has 0 spiro atoms. The Labute approximate surface area is 192 Å². The van der Waals surface area contributed by atoms with Gasteiger partial charge in [0.15, 0.2) is 5.76 Å². The highest BCUT2D eigenvalue weighted by atomic mass is 35.5. The van der Waals surface area contributed by atoms with Gasteiger partial charge < -0.3 is 9.15 Å². The van der Waals surface area contributed by atoms with Crippen molar-refractivity contribution in [3.8, 4) is 5.75 Å². The van der Waals surface area contributed by atoms with Gasteiger partial charge in [-0.2, -0.15) is 0 Å². The van der Waals surface area contributed by atoms with Crippen molar-refractivity contribution in [3.05, 3.63) is 93.1 Å². The first kappa shape index (κ1) is 21.2. The summed E-state index contributed by atoms with van der Waals surface area (Å²) in [5, 5.41) is 8.48. The molecule has 0 atom stereocenters. The van der Waals surface area contributed by atoms with E-state index >= 15 is 0 Å². The zero-order valence-electron chi connectivity index (χ0n) is 15.9. The number of hydrogen-bond acceptors (Lipinski definition) is 5. The number of nitrogens with one attached hydrogen (secondary N) is 1. The number of furan rings is 1. The largest absolute Gasteiger partial charge is 0.486 e. The number of aromatic nitrogens is 3. The third-order valence-electron chi connectivity index (χ3n) is 4.22. The third kappa shape index (κ3) is 5.38. The minimum atomic E-state index is -0.480. The molecule has 4 rings (SSSR count). The fourth-order valence-electron chi connectivity index (χ4n) is 2.70. The number of halogens is 3. The normalized spacial score (nSPS) is 10.8. The number of anilines is 1. The second-order valence-corrected chi connectivity index (χ2v) is 7.68. The van der Waals surface area contributed by atoms with Crippen molar-refractivity contribution in [2.24, 2.45) is 0 Å². The van der Waals surface area contributed by atoms with Crippen LogP contribution in [0.5, 0.6) is 5.75 Å². The zero-order chi connectivity index (χ0) is 21.8. The standard InChI is InChI=1S/C21H15Cl3N4O3/c22-13-4-6-14(7-5-13)30-11-15-8-9-19(31-15)20(29)26-21-25-12-28(27-21)10-16-17(23)2-1-3-18(16)24/h1-9,12H,10-11H2,(H,26,27,29). The van der Waals surface area contributed by atoms with Gasteiger partial charge >= 0.3 is 0 Å². The average molecular weight is 478 g/mol. The van der Waals surface area contributed by atoms with Crippen LogP contribution in [-0.4, -0.2) is 20.7 Å². The van der Waals surface area contributed by atoms with E-state index in [4.69, 9.17) is 44.0 Å². The Morgan fingerprint density at radius 1 is 1.03 bits per heavy atom. The lowest BCUT2D eigenvalue weighted by Crippen LogP contribution is -2.12. The van der Waals surface area contributed by atoms with E-state index in [-0.39, 0.29) is 18.3 Å². The van der Waals surface area contributed by atoms with Crippen molar-refractivity contribution in [1.29, 1.82) is 0 Å². The number of amides is 1. The van der Waals surface area contributed by atoms with Crippen LogP contribution in [0.2, 0.25) is 15.1 Å². The Morgan fingerprint density at radius 3 is 2.52 bits per heavy atom. The summed E-state index contributed by atoms with van der Waals surface area (Å²) in [6, 6.07) is 15.4. The quantitative estimate of drug-likeness (QED) is 0.368. The lowest BCUT2D eigenvalue weighted by molar-refractivity contribution is 0.0991. The zero-order valence-corrected chi connectivity index (χ0v) is 18.2. The molecule has 4 aromatic rings. The Balaban J connectivity index is 1.35. The summed E-state index contributed by atoms with van der Waals surface area (Å²) in [4.78, 5) is 16.5. The van der Waals surface area contributed by atoms with Crippen LogP contribution in [0.25, 0.3) is 0 Å². The maximum Gasteiger partial charge on any atom is 0.293 e. The Morgan fingerprint density at radius 2 is 1.77 bits per heavy atom. The second-order valence-electron chi connectivity index (χ2n) is 6.43. The van der Waals surface area contributed by atoms with Gasteiger partial charge in [0.1, 0.15) is 24.4 Å². The molecule has 0 radical (unpaired) electrons. The van der Waals surface area contributed by atoms with E-state index in [2.05, 4.69) is 15.4 Å². The molecule has 0 unspecified atom stereocenters. The number of nitrogens with zero attached hydrogens (tertiary/aromatic N) is 3. The number of rotatable bonds is 7. The van der Waals surface area contributed by atoms with Crippen molar-refractivity contribution < 1.29 is 13.9 Å². The van der Waals surface area contributed by atoms with Gasteiger partial charge in [-0.25, -0.2) is 9.67 Å². The van der Waals surface area contributed by atoms with Gasteiger partial charge in [0.2, 0.25) is 5.95 Å². The summed E-state index contributed by atoms with van der Waals surface area (Å²) in [6.45, 7) is 0.481. The van der Waals surface area contributed by atoms with Crippen LogP contribution in [0, 0.1) is 0 Å². The third-order valence-corrected chi connectivity index (χ3v) is 5.18. The van der Waals surface area contributed by atoms with Crippen LogP contribution in [0.3, 0.4) is 0 Å². The monoisotopic (exact) mass is 476 g/mol. The number of carbonyl (C=O) groups is 1. The summed E-state index contributed by atoms with van der Waals surface area (Å²) in [5.74, 6) is 0.891. The highest BCUT2D eigenvalue weighted by Gasteiger charge is 2.15. The van der Waals surface area contributed by atoms with Gasteiger partial charge in [0.25, 0.3) is 5.91 Å². The first-order valence-electron chi connectivity index (χ1n) is 9.09. The maximum absolute atomic E-state index is 12.4. The predicted molar refractivity (Wildman–Crippen MR) is 118 cm³/mol. The van der Waals surface area contributed by atoms with Crippen LogP contribution in [0.15, 0.2) is 65.3 Å². The summed E-state index contributed by atoms with van der Waals surface area (Å²) in [5.41, 5.74) is 0.713. The maximum atomic E-state index is 12.4. The minimum Gasteiger partial charge on any atom is -0.486 e. The molecule has 0 aliphatic rings. The fraction of sp³-hybridized carbons (Fsp3) is 0.0952. The van der Waals surface area contributed by atoms with Crippen molar-refractivity contribution in [1.82, 2.24) is 14.8 Å². The molecular formula is C21H15Cl3N4O3.